The number of carbonyl (C=O) groups is 2. The Bertz CT molecular complexity index is 601. The monoisotopic (exact) mass is 414 g/mol. The van der Waals surface area contributed by atoms with Crippen molar-refractivity contribution in [3.05, 3.63) is 28.8 Å². The lowest BCUT2D eigenvalue weighted by molar-refractivity contribution is -0.870. The van der Waals surface area contributed by atoms with E-state index in [1.165, 1.54) is 25.1 Å². The molecule has 0 aliphatic carbocycles. The Labute approximate surface area is 174 Å². The molecule has 0 atom stereocenters. The largest absolute Gasteiger partial charge is 0.550 e. The number of hydrogen-bond donors (Lipinski definition) is 2. The van der Waals surface area contributed by atoms with Gasteiger partial charge in [0.2, 0.25) is 0 Å². The minimum atomic E-state index is -1.01. The quantitative estimate of drug-likeness (QED) is 0.430. The molecular weight excluding hydrogens is 380 g/mol. The number of halogens is 1. The minimum Gasteiger partial charge on any atom is -0.550 e. The normalized spacial score (nSPS) is 10.8. The summed E-state index contributed by atoms with van der Waals surface area (Å²) in [6, 6.07) is 4.36. The molecule has 28 heavy (non-hydrogen) atoms. The van der Waals surface area contributed by atoms with E-state index >= 15 is 0 Å². The maximum Gasteiger partial charge on any atom is 0.255 e. The molecule has 0 saturated heterocycles. The Morgan fingerprint density at radius 3 is 2.21 bits per heavy atom. The van der Waals surface area contributed by atoms with Gasteiger partial charge < -0.3 is 24.8 Å². The fourth-order valence-corrected chi connectivity index (χ4v) is 2.76. The Morgan fingerprint density at radius 2 is 1.71 bits per heavy atom. The van der Waals surface area contributed by atoms with E-state index in [9.17, 15) is 19.8 Å². The van der Waals surface area contributed by atoms with E-state index < -0.39 is 5.97 Å². The second-order valence-electron chi connectivity index (χ2n) is 7.82. The highest BCUT2D eigenvalue weighted by molar-refractivity contribution is 6.30. The first kappa shape index (κ1) is 26.2. The molecule has 1 rings (SSSR count). The average molecular weight is 415 g/mol. The third kappa shape index (κ3) is 14.3. The zero-order valence-electron chi connectivity index (χ0n) is 17.6. The van der Waals surface area contributed by atoms with Crippen LogP contribution in [0.5, 0.6) is 5.75 Å². The van der Waals surface area contributed by atoms with E-state index in [4.69, 9.17) is 11.6 Å². The molecule has 1 aromatic rings. The van der Waals surface area contributed by atoms with Gasteiger partial charge >= 0.3 is 0 Å². The molecule has 1 amide bonds. The zero-order valence-corrected chi connectivity index (χ0v) is 18.3. The number of phenols is 1. The molecule has 6 nitrogen and oxygen atoms in total. The van der Waals surface area contributed by atoms with Crippen molar-refractivity contribution in [2.24, 2.45) is 0 Å². The van der Waals surface area contributed by atoms with Crippen molar-refractivity contribution in [2.75, 3.05) is 34.2 Å². The Morgan fingerprint density at radius 1 is 1.11 bits per heavy atom. The summed E-state index contributed by atoms with van der Waals surface area (Å²) >= 11 is 5.70. The molecule has 160 valence electrons. The van der Waals surface area contributed by atoms with Gasteiger partial charge in [0.15, 0.2) is 0 Å². The van der Waals surface area contributed by atoms with Crippen molar-refractivity contribution < 1.29 is 24.3 Å². The topological polar surface area (TPSA) is 89.5 Å². The molecule has 0 fully saturated rings. The number of benzene rings is 1. The number of unbranched alkanes of at least 4 members (excludes halogenated alkanes) is 4. The molecule has 2 N–H and O–H groups in total. The van der Waals surface area contributed by atoms with Crippen LogP contribution in [0.3, 0.4) is 0 Å². The maximum absolute atomic E-state index is 11.8. The molecule has 0 saturated carbocycles. The van der Waals surface area contributed by atoms with Crippen molar-refractivity contribution >= 4 is 23.5 Å². The van der Waals surface area contributed by atoms with Gasteiger partial charge in [-0.2, -0.15) is 0 Å². The lowest BCUT2D eigenvalue weighted by Gasteiger charge is -2.22. The maximum atomic E-state index is 11.8. The van der Waals surface area contributed by atoms with Crippen molar-refractivity contribution in [1.29, 1.82) is 0 Å². The number of nitrogens with zero attached hydrogens (tertiary/aromatic N) is 1. The predicted octanol–water partition coefficient (Wildman–Crippen LogP) is 2.97. The molecular formula is C21H35ClN2O4. The number of hydrogen-bond acceptors (Lipinski definition) is 4. The van der Waals surface area contributed by atoms with Crippen LogP contribution in [-0.4, -0.2) is 55.7 Å². The van der Waals surface area contributed by atoms with E-state index in [-0.39, 0.29) is 23.6 Å². The van der Waals surface area contributed by atoms with Crippen LogP contribution in [0.25, 0.3) is 0 Å². The van der Waals surface area contributed by atoms with Crippen LogP contribution in [0.2, 0.25) is 5.02 Å². The van der Waals surface area contributed by atoms with Gasteiger partial charge in [-0.3, -0.25) is 4.79 Å². The van der Waals surface area contributed by atoms with Crippen LogP contribution in [-0.2, 0) is 4.79 Å². The summed E-state index contributed by atoms with van der Waals surface area (Å²) in [7, 11) is 6.64. The van der Waals surface area contributed by atoms with Gasteiger partial charge in [0.25, 0.3) is 5.91 Å². The number of carboxylic acid groups (broad SMARTS) is 1. The van der Waals surface area contributed by atoms with Crippen LogP contribution in [0, 0.1) is 0 Å². The Balaban J connectivity index is 0.000000887. The second-order valence-corrected chi connectivity index (χ2v) is 8.26. The molecule has 0 radical (unpaired) electrons. The van der Waals surface area contributed by atoms with E-state index in [0.29, 0.717) is 18.0 Å². The first-order chi connectivity index (χ1) is 13.1. The van der Waals surface area contributed by atoms with Gasteiger partial charge in [0, 0.05) is 17.5 Å². The molecule has 0 aliphatic rings. The second kappa shape index (κ2) is 14.2. The lowest BCUT2D eigenvalue weighted by Crippen LogP contribution is -2.34. The van der Waals surface area contributed by atoms with E-state index in [1.807, 2.05) is 0 Å². The Kier molecular flexibility index (Phi) is 13.3. The fraction of sp³-hybridized carbons (Fsp3) is 0.619. The number of quaternary nitrogens is 1. The van der Waals surface area contributed by atoms with Gasteiger partial charge in [-0.25, -0.2) is 0 Å². The molecule has 1 aromatic carbocycles. The van der Waals surface area contributed by atoms with E-state index in [2.05, 4.69) is 33.4 Å². The van der Waals surface area contributed by atoms with Gasteiger partial charge in [-0.1, -0.05) is 37.8 Å². The number of rotatable bonds is 11. The predicted molar refractivity (Wildman–Crippen MR) is 111 cm³/mol. The van der Waals surface area contributed by atoms with Gasteiger partial charge in [-0.15, -0.1) is 0 Å². The number of aromatic hydroxyl groups is 1. The summed E-state index contributed by atoms with van der Waals surface area (Å²) in [4.78, 5) is 22.0. The van der Waals surface area contributed by atoms with Gasteiger partial charge in [0.05, 0.1) is 33.3 Å². The lowest BCUT2D eigenvalue weighted by atomic mass is 10.1. The first-order valence-electron chi connectivity index (χ1n) is 9.84. The third-order valence-electron chi connectivity index (χ3n) is 3.94. The molecule has 0 bridgehead atoms. The summed E-state index contributed by atoms with van der Waals surface area (Å²) in [6.07, 6.45) is 5.52. The van der Waals surface area contributed by atoms with E-state index in [1.54, 1.807) is 6.07 Å². The number of amides is 1. The van der Waals surface area contributed by atoms with Gasteiger partial charge in [0.1, 0.15) is 5.75 Å². The molecule has 0 aromatic heterocycles. The van der Waals surface area contributed by atoms with Crippen LogP contribution in [0.15, 0.2) is 18.2 Å². The van der Waals surface area contributed by atoms with Crippen molar-refractivity contribution in [3.8, 4) is 5.75 Å². The minimum absolute atomic E-state index is 0.104. The zero-order chi connectivity index (χ0) is 21.6. The number of phenolic OH excluding ortho intramolecular Hbond substituents is 1. The number of carbonyl (C=O) groups excluding carboxylic acids is 2. The highest BCUT2D eigenvalue weighted by atomic mass is 35.5. The Hall–Kier alpha value is -1.79. The average Bonchev–Trinajstić information content (AvgIpc) is 2.56. The molecule has 0 heterocycles. The summed E-state index contributed by atoms with van der Waals surface area (Å²) in [5, 5.41) is 22.9. The van der Waals surface area contributed by atoms with Crippen LogP contribution in [0.4, 0.5) is 0 Å². The van der Waals surface area contributed by atoms with Crippen molar-refractivity contribution in [2.45, 2.75) is 51.9 Å². The van der Waals surface area contributed by atoms with Crippen molar-refractivity contribution in [1.82, 2.24) is 5.32 Å². The highest BCUT2D eigenvalue weighted by Gasteiger charge is 2.10. The molecule has 0 unspecified atom stereocenters. The molecule has 0 aliphatic heterocycles. The van der Waals surface area contributed by atoms with Crippen molar-refractivity contribution in [3.63, 3.8) is 0 Å². The number of aliphatic carboxylic acids is 1. The summed E-state index contributed by atoms with van der Waals surface area (Å²) < 4.78 is 1.09. The van der Waals surface area contributed by atoms with E-state index in [0.717, 1.165) is 30.2 Å². The summed E-state index contributed by atoms with van der Waals surface area (Å²) in [5.74, 6) is -1.48. The standard InChI is InChI=1S/C15H20ClNO4.C6H16N/c16-11-7-8-12(13(18)10-11)15(21)17-9-5-3-1-2-4-6-14(19)20;1-5-6-7(2,3)4/h7-8,10,18H,1-6,9H2,(H,17,21)(H,19,20);5-6H2,1-4H3/q;+1/p-1. The summed E-state index contributed by atoms with van der Waals surface area (Å²) in [6.45, 7) is 4.00. The highest BCUT2D eigenvalue weighted by Crippen LogP contribution is 2.21. The number of nitrogens with one attached hydrogen (secondary N) is 1. The summed E-state index contributed by atoms with van der Waals surface area (Å²) in [5.41, 5.74) is 0.202. The molecule has 7 heteroatoms. The fourth-order valence-electron chi connectivity index (χ4n) is 2.59. The van der Waals surface area contributed by atoms with Crippen LogP contribution < -0.4 is 10.4 Å². The number of carboxylic acids is 1. The van der Waals surface area contributed by atoms with Crippen LogP contribution in [0.1, 0.15) is 62.2 Å². The van der Waals surface area contributed by atoms with Crippen LogP contribution >= 0.6 is 11.6 Å². The SMILES string of the molecule is CCC[N+](C)(C)C.O=C([O-])CCCCCCCNC(=O)c1ccc(Cl)cc1O. The third-order valence-corrected chi connectivity index (χ3v) is 4.18. The molecule has 0 spiro atoms. The first-order valence-corrected chi connectivity index (χ1v) is 10.2. The van der Waals surface area contributed by atoms with Gasteiger partial charge in [-0.05, 0) is 43.9 Å². The smallest absolute Gasteiger partial charge is 0.255 e.